The lowest BCUT2D eigenvalue weighted by molar-refractivity contribution is -0.160. The number of fused-ring (bicyclic) bond motifs is 1. The van der Waals surface area contributed by atoms with E-state index < -0.39 is 23.8 Å². The van der Waals surface area contributed by atoms with Gasteiger partial charge in [-0.1, -0.05) is 53.8 Å². The van der Waals surface area contributed by atoms with Crippen LogP contribution in [0.2, 0.25) is 5.02 Å². The number of ether oxygens (including phenoxy) is 1. The van der Waals surface area contributed by atoms with Gasteiger partial charge in [0.1, 0.15) is 0 Å². The van der Waals surface area contributed by atoms with Crippen molar-refractivity contribution in [1.82, 2.24) is 4.98 Å². The summed E-state index contributed by atoms with van der Waals surface area (Å²) >= 11 is 6.17. The molecular formula is C31H28ClNO4. The summed E-state index contributed by atoms with van der Waals surface area (Å²) in [6, 6.07) is 20.3. The number of aliphatic carboxylic acids is 1. The Morgan fingerprint density at radius 1 is 1.05 bits per heavy atom. The molecule has 37 heavy (non-hydrogen) atoms. The second kappa shape index (κ2) is 10.7. The topological polar surface area (TPSA) is 79.7 Å². The molecule has 6 heteroatoms. The summed E-state index contributed by atoms with van der Waals surface area (Å²) < 4.78 is 6.07. The molecule has 2 atom stereocenters. The first-order valence-corrected chi connectivity index (χ1v) is 12.3. The number of aryl methyl sites for hydroxylation is 1. The molecule has 3 aromatic carbocycles. The summed E-state index contributed by atoms with van der Waals surface area (Å²) in [7, 11) is 0. The van der Waals surface area contributed by atoms with E-state index in [1.165, 1.54) is 0 Å². The van der Waals surface area contributed by atoms with Crippen LogP contribution in [-0.2, 0) is 9.53 Å². The number of pyridine rings is 1. The maximum absolute atomic E-state index is 12.5. The third kappa shape index (κ3) is 6.18. The molecular weight excluding hydrogens is 486 g/mol. The summed E-state index contributed by atoms with van der Waals surface area (Å²) in [6.45, 7) is 7.40. The van der Waals surface area contributed by atoms with Crippen molar-refractivity contribution in [1.29, 1.82) is 0 Å². The lowest BCUT2D eigenvalue weighted by Crippen LogP contribution is -2.28. The van der Waals surface area contributed by atoms with E-state index in [1.54, 1.807) is 36.5 Å². The fourth-order valence-electron chi connectivity index (χ4n) is 4.24. The number of aromatic nitrogens is 1. The van der Waals surface area contributed by atoms with Crippen LogP contribution in [0.1, 0.15) is 55.4 Å². The first-order valence-electron chi connectivity index (χ1n) is 11.9. The zero-order valence-corrected chi connectivity index (χ0v) is 21.9. The van der Waals surface area contributed by atoms with Gasteiger partial charge >= 0.3 is 5.97 Å². The van der Waals surface area contributed by atoms with Crippen LogP contribution in [0, 0.1) is 18.8 Å². The standard InChI is InChI=1S/C31H28ClNO4/c1-19-17-22-10-8-20(9-15-26(34)25-7-5-6-16-33-25)18-24(22)28(21-11-13-23(32)14-12-21)27(19)29(30(35)36)37-31(2,3)4/h5-8,10-14,16-18,26,29,34H,1-4H3,(H,35,36). The molecule has 0 radical (unpaired) electrons. The van der Waals surface area contributed by atoms with Gasteiger partial charge in [0.05, 0.1) is 11.3 Å². The number of rotatable bonds is 5. The van der Waals surface area contributed by atoms with Gasteiger partial charge in [0, 0.05) is 22.3 Å². The fourth-order valence-corrected chi connectivity index (χ4v) is 4.37. The van der Waals surface area contributed by atoms with E-state index in [1.807, 2.05) is 64.1 Å². The Balaban J connectivity index is 1.94. The number of benzene rings is 3. The Kier molecular flexibility index (Phi) is 7.65. The van der Waals surface area contributed by atoms with Gasteiger partial charge in [-0.05, 0) is 91.6 Å². The van der Waals surface area contributed by atoms with E-state index in [4.69, 9.17) is 16.3 Å². The Bertz CT molecular complexity index is 1500. The highest BCUT2D eigenvalue weighted by Gasteiger charge is 2.31. The van der Waals surface area contributed by atoms with Gasteiger partial charge < -0.3 is 14.9 Å². The summed E-state index contributed by atoms with van der Waals surface area (Å²) in [5.41, 5.74) is 3.41. The highest BCUT2D eigenvalue weighted by Crippen LogP contribution is 2.41. The number of hydrogen-bond acceptors (Lipinski definition) is 4. The highest BCUT2D eigenvalue weighted by molar-refractivity contribution is 6.30. The van der Waals surface area contributed by atoms with Crippen molar-refractivity contribution in [3.63, 3.8) is 0 Å². The van der Waals surface area contributed by atoms with Crippen LogP contribution in [-0.4, -0.2) is 26.8 Å². The third-order valence-corrected chi connectivity index (χ3v) is 6.05. The van der Waals surface area contributed by atoms with Crippen LogP contribution in [0.5, 0.6) is 0 Å². The van der Waals surface area contributed by atoms with Crippen LogP contribution in [0.15, 0.2) is 72.9 Å². The van der Waals surface area contributed by atoms with Crippen LogP contribution >= 0.6 is 11.6 Å². The summed E-state index contributed by atoms with van der Waals surface area (Å²) in [6.07, 6.45) is -0.606. The van der Waals surface area contributed by atoms with Gasteiger partial charge in [-0.25, -0.2) is 4.79 Å². The van der Waals surface area contributed by atoms with Gasteiger partial charge in [0.2, 0.25) is 0 Å². The zero-order valence-electron chi connectivity index (χ0n) is 21.1. The normalized spacial score (nSPS) is 13.0. The Labute approximate surface area is 221 Å². The molecule has 0 saturated heterocycles. The Hall–Kier alpha value is -3.69. The van der Waals surface area contributed by atoms with E-state index in [9.17, 15) is 15.0 Å². The molecule has 4 aromatic rings. The molecule has 5 nitrogen and oxygen atoms in total. The first kappa shape index (κ1) is 26.4. The second-order valence-electron chi connectivity index (χ2n) is 9.80. The minimum Gasteiger partial charge on any atom is -0.479 e. The Morgan fingerprint density at radius 3 is 2.41 bits per heavy atom. The van der Waals surface area contributed by atoms with E-state index in [0.717, 1.165) is 27.5 Å². The molecule has 188 valence electrons. The quantitative estimate of drug-likeness (QED) is 0.284. The molecule has 0 amide bonds. The molecule has 0 aliphatic rings. The van der Waals surface area contributed by atoms with Crippen LogP contribution < -0.4 is 0 Å². The van der Waals surface area contributed by atoms with Gasteiger partial charge in [0.25, 0.3) is 0 Å². The van der Waals surface area contributed by atoms with Crippen LogP contribution in [0.3, 0.4) is 0 Å². The van der Waals surface area contributed by atoms with E-state index in [-0.39, 0.29) is 0 Å². The highest BCUT2D eigenvalue weighted by atomic mass is 35.5. The van der Waals surface area contributed by atoms with Crippen LogP contribution in [0.4, 0.5) is 0 Å². The molecule has 0 bridgehead atoms. The summed E-state index contributed by atoms with van der Waals surface area (Å²) in [5.74, 6) is 4.82. The number of aliphatic hydroxyl groups is 1. The molecule has 1 aromatic heterocycles. The van der Waals surface area contributed by atoms with Gasteiger partial charge in [-0.15, -0.1) is 0 Å². The largest absolute Gasteiger partial charge is 0.479 e. The molecule has 0 fully saturated rings. The summed E-state index contributed by atoms with van der Waals surface area (Å²) in [5, 5.41) is 23.0. The number of carbonyl (C=O) groups is 1. The molecule has 0 saturated carbocycles. The molecule has 4 rings (SSSR count). The van der Waals surface area contributed by atoms with Crippen molar-refractivity contribution in [3.8, 4) is 23.0 Å². The fraction of sp³-hybridized carbons (Fsp3) is 0.226. The number of carboxylic acid groups (broad SMARTS) is 1. The maximum Gasteiger partial charge on any atom is 0.337 e. The third-order valence-electron chi connectivity index (χ3n) is 5.80. The molecule has 1 heterocycles. The molecule has 2 N–H and O–H groups in total. The van der Waals surface area contributed by atoms with Gasteiger partial charge in [-0.3, -0.25) is 4.98 Å². The van der Waals surface area contributed by atoms with Crippen LogP contribution in [0.25, 0.3) is 21.9 Å². The van der Waals surface area contributed by atoms with Crippen molar-refractivity contribution in [2.24, 2.45) is 0 Å². The van der Waals surface area contributed by atoms with Crippen molar-refractivity contribution in [2.45, 2.75) is 45.5 Å². The van der Waals surface area contributed by atoms with Crippen molar-refractivity contribution < 1.29 is 19.7 Å². The smallest absolute Gasteiger partial charge is 0.337 e. The van der Waals surface area contributed by atoms with Crippen molar-refractivity contribution in [3.05, 3.63) is 100 Å². The molecule has 0 aliphatic heterocycles. The molecule has 2 unspecified atom stereocenters. The lowest BCUT2D eigenvalue weighted by atomic mass is 9.86. The average molecular weight is 514 g/mol. The predicted octanol–water partition coefficient (Wildman–Crippen LogP) is 6.89. The van der Waals surface area contributed by atoms with Crippen molar-refractivity contribution in [2.75, 3.05) is 0 Å². The first-order chi connectivity index (χ1) is 17.5. The molecule has 0 aliphatic carbocycles. The lowest BCUT2D eigenvalue weighted by Gasteiger charge is -2.28. The summed E-state index contributed by atoms with van der Waals surface area (Å²) in [4.78, 5) is 16.6. The number of carboxylic acids is 1. The molecule has 0 spiro atoms. The maximum atomic E-state index is 12.5. The monoisotopic (exact) mass is 513 g/mol. The van der Waals surface area contributed by atoms with E-state index in [2.05, 4.69) is 16.8 Å². The average Bonchev–Trinajstić information content (AvgIpc) is 2.86. The Morgan fingerprint density at radius 2 is 1.78 bits per heavy atom. The van der Waals surface area contributed by atoms with E-state index in [0.29, 0.717) is 21.8 Å². The minimum atomic E-state index is -1.18. The van der Waals surface area contributed by atoms with Gasteiger partial charge in [0.15, 0.2) is 12.2 Å². The SMILES string of the molecule is Cc1cc2ccc(C#CC(O)c3ccccn3)cc2c(-c2ccc(Cl)cc2)c1C(OC(C)(C)C)C(=O)O. The van der Waals surface area contributed by atoms with Crippen molar-refractivity contribution >= 4 is 28.3 Å². The van der Waals surface area contributed by atoms with Gasteiger partial charge in [-0.2, -0.15) is 0 Å². The number of halogens is 1. The number of nitrogens with zero attached hydrogens (tertiary/aromatic N) is 1. The predicted molar refractivity (Wildman–Crippen MR) is 146 cm³/mol. The minimum absolute atomic E-state index is 0.471. The number of hydrogen-bond donors (Lipinski definition) is 2. The zero-order chi connectivity index (χ0) is 26.7. The number of aliphatic hydroxyl groups excluding tert-OH is 1. The van der Waals surface area contributed by atoms with E-state index >= 15 is 0 Å². The second-order valence-corrected chi connectivity index (χ2v) is 10.2.